The average molecular weight is 415 g/mol. The Morgan fingerprint density at radius 3 is 2.26 bits per heavy atom. The minimum Gasteiger partial charge on any atom is -0.384 e. The molecule has 0 saturated carbocycles. The first-order chi connectivity index (χ1) is 15.0. The molecule has 0 spiro atoms. The fraction of sp³-hybridized carbons (Fsp3) is 0.125. The van der Waals surface area contributed by atoms with Crippen molar-refractivity contribution < 1.29 is 9.59 Å². The SMILES string of the molecule is N=C(N)c1cccc(C(=O)N(CC(=O)NCc2cccc(CN)c2)c2ccccc2)c1. The number of nitrogens with zero attached hydrogens (tertiary/aromatic N) is 1. The number of amides is 2. The van der Waals surface area contributed by atoms with Crippen LogP contribution in [0, 0.1) is 5.41 Å². The van der Waals surface area contributed by atoms with Crippen LogP contribution in [0.15, 0.2) is 78.9 Å². The maximum absolute atomic E-state index is 13.2. The zero-order chi connectivity index (χ0) is 22.2. The van der Waals surface area contributed by atoms with Gasteiger partial charge < -0.3 is 16.8 Å². The molecule has 0 radical (unpaired) electrons. The van der Waals surface area contributed by atoms with Crippen LogP contribution in [0.25, 0.3) is 0 Å². The van der Waals surface area contributed by atoms with Crippen LogP contribution in [0.5, 0.6) is 0 Å². The highest BCUT2D eigenvalue weighted by molar-refractivity contribution is 6.10. The van der Waals surface area contributed by atoms with E-state index in [0.29, 0.717) is 29.9 Å². The molecule has 7 nitrogen and oxygen atoms in total. The van der Waals surface area contributed by atoms with Gasteiger partial charge in [-0.05, 0) is 35.4 Å². The summed E-state index contributed by atoms with van der Waals surface area (Å²) in [7, 11) is 0. The first-order valence-electron chi connectivity index (χ1n) is 9.84. The molecular formula is C24H25N5O2. The molecule has 0 heterocycles. The van der Waals surface area contributed by atoms with Crippen LogP contribution >= 0.6 is 0 Å². The van der Waals surface area contributed by atoms with E-state index in [1.54, 1.807) is 48.5 Å². The Bertz CT molecular complexity index is 1080. The lowest BCUT2D eigenvalue weighted by Crippen LogP contribution is -2.40. The third-order valence-corrected chi connectivity index (χ3v) is 4.75. The van der Waals surface area contributed by atoms with Gasteiger partial charge in [-0.2, -0.15) is 0 Å². The first kappa shape index (κ1) is 21.7. The van der Waals surface area contributed by atoms with Crippen molar-refractivity contribution in [2.24, 2.45) is 11.5 Å². The number of anilines is 1. The zero-order valence-electron chi connectivity index (χ0n) is 17.0. The van der Waals surface area contributed by atoms with Gasteiger partial charge in [-0.25, -0.2) is 0 Å². The molecule has 0 aromatic heterocycles. The molecule has 0 aliphatic heterocycles. The number of hydrogen-bond acceptors (Lipinski definition) is 4. The molecule has 158 valence electrons. The van der Waals surface area contributed by atoms with Crippen molar-refractivity contribution >= 4 is 23.3 Å². The van der Waals surface area contributed by atoms with Gasteiger partial charge in [0.1, 0.15) is 12.4 Å². The van der Waals surface area contributed by atoms with Gasteiger partial charge in [-0.1, -0.05) is 54.6 Å². The number of nitrogens with one attached hydrogen (secondary N) is 2. The molecule has 0 aliphatic rings. The van der Waals surface area contributed by atoms with Crippen LogP contribution in [0.4, 0.5) is 5.69 Å². The van der Waals surface area contributed by atoms with E-state index >= 15 is 0 Å². The number of nitrogens with two attached hydrogens (primary N) is 2. The number of nitrogen functional groups attached to an aromatic ring is 1. The maximum atomic E-state index is 13.2. The zero-order valence-corrected chi connectivity index (χ0v) is 17.0. The predicted octanol–water partition coefficient (Wildman–Crippen LogP) is 2.39. The van der Waals surface area contributed by atoms with Gasteiger partial charge >= 0.3 is 0 Å². The van der Waals surface area contributed by atoms with E-state index in [2.05, 4.69) is 5.32 Å². The highest BCUT2D eigenvalue weighted by Crippen LogP contribution is 2.17. The quantitative estimate of drug-likeness (QED) is 0.333. The maximum Gasteiger partial charge on any atom is 0.258 e. The molecule has 0 unspecified atom stereocenters. The fourth-order valence-corrected chi connectivity index (χ4v) is 3.13. The topological polar surface area (TPSA) is 125 Å². The number of benzene rings is 3. The van der Waals surface area contributed by atoms with Crippen LogP contribution in [0.3, 0.4) is 0 Å². The number of amidine groups is 1. The molecule has 0 aliphatic carbocycles. The van der Waals surface area contributed by atoms with E-state index < -0.39 is 0 Å². The molecule has 6 N–H and O–H groups in total. The predicted molar refractivity (Wildman–Crippen MR) is 122 cm³/mol. The lowest BCUT2D eigenvalue weighted by molar-refractivity contribution is -0.119. The summed E-state index contributed by atoms with van der Waals surface area (Å²) >= 11 is 0. The summed E-state index contributed by atoms with van der Waals surface area (Å²) in [5.41, 5.74) is 14.5. The standard InChI is InChI=1S/C24H25N5O2/c25-14-17-6-4-7-18(12-17)15-28-22(30)16-29(21-10-2-1-3-11-21)24(31)20-9-5-8-19(13-20)23(26)27/h1-13H,14-16,25H2,(H3,26,27)(H,28,30). The van der Waals surface area contributed by atoms with Gasteiger partial charge in [0.2, 0.25) is 5.91 Å². The van der Waals surface area contributed by atoms with Gasteiger partial charge in [-0.15, -0.1) is 0 Å². The molecule has 2 amide bonds. The highest BCUT2D eigenvalue weighted by atomic mass is 16.2. The molecule has 0 fully saturated rings. The van der Waals surface area contributed by atoms with E-state index in [-0.39, 0.29) is 24.2 Å². The van der Waals surface area contributed by atoms with Crippen molar-refractivity contribution in [1.29, 1.82) is 5.41 Å². The Morgan fingerprint density at radius 2 is 1.55 bits per heavy atom. The normalized spacial score (nSPS) is 10.4. The molecule has 3 aromatic carbocycles. The largest absolute Gasteiger partial charge is 0.384 e. The summed E-state index contributed by atoms with van der Waals surface area (Å²) in [4.78, 5) is 27.3. The Kier molecular flexibility index (Phi) is 7.13. The van der Waals surface area contributed by atoms with Crippen molar-refractivity contribution in [1.82, 2.24) is 5.32 Å². The van der Waals surface area contributed by atoms with E-state index in [0.717, 1.165) is 11.1 Å². The van der Waals surface area contributed by atoms with Crippen LogP contribution in [0.1, 0.15) is 27.0 Å². The minimum absolute atomic E-state index is 0.127. The first-order valence-corrected chi connectivity index (χ1v) is 9.84. The second kappa shape index (κ2) is 10.2. The van der Waals surface area contributed by atoms with Crippen molar-refractivity contribution in [3.05, 3.63) is 101 Å². The van der Waals surface area contributed by atoms with Crippen molar-refractivity contribution in [2.45, 2.75) is 13.1 Å². The van der Waals surface area contributed by atoms with E-state index in [9.17, 15) is 9.59 Å². The third kappa shape index (κ3) is 5.77. The Balaban J connectivity index is 1.78. The summed E-state index contributed by atoms with van der Waals surface area (Å²) < 4.78 is 0. The van der Waals surface area contributed by atoms with Gasteiger partial charge in [0.05, 0.1) is 0 Å². The van der Waals surface area contributed by atoms with E-state index in [4.69, 9.17) is 16.9 Å². The molecular weight excluding hydrogens is 390 g/mol. The van der Waals surface area contributed by atoms with Gasteiger partial charge in [0.25, 0.3) is 5.91 Å². The van der Waals surface area contributed by atoms with Crippen molar-refractivity contribution in [3.63, 3.8) is 0 Å². The van der Waals surface area contributed by atoms with Gasteiger partial charge in [0.15, 0.2) is 0 Å². The average Bonchev–Trinajstić information content (AvgIpc) is 2.81. The summed E-state index contributed by atoms with van der Waals surface area (Å²) in [6, 6.07) is 23.2. The smallest absolute Gasteiger partial charge is 0.258 e. The highest BCUT2D eigenvalue weighted by Gasteiger charge is 2.21. The van der Waals surface area contributed by atoms with Crippen LogP contribution in [0.2, 0.25) is 0 Å². The number of hydrogen-bond donors (Lipinski definition) is 4. The lowest BCUT2D eigenvalue weighted by Gasteiger charge is -2.23. The minimum atomic E-state index is -0.352. The number of carbonyl (C=O) groups excluding carboxylic acids is 2. The molecule has 0 saturated heterocycles. The van der Waals surface area contributed by atoms with Crippen LogP contribution in [-0.4, -0.2) is 24.2 Å². The molecule has 3 rings (SSSR count). The molecule has 0 bridgehead atoms. The molecule has 3 aromatic rings. The van der Waals surface area contributed by atoms with Gasteiger partial charge in [0, 0.05) is 29.9 Å². The molecule has 31 heavy (non-hydrogen) atoms. The number of rotatable bonds is 8. The monoisotopic (exact) mass is 415 g/mol. The second-order valence-electron chi connectivity index (χ2n) is 7.02. The third-order valence-electron chi connectivity index (χ3n) is 4.75. The molecule has 7 heteroatoms. The van der Waals surface area contributed by atoms with Crippen LogP contribution in [-0.2, 0) is 17.9 Å². The lowest BCUT2D eigenvalue weighted by atomic mass is 10.1. The summed E-state index contributed by atoms with van der Waals surface area (Å²) in [6.07, 6.45) is 0. The van der Waals surface area contributed by atoms with E-state index in [1.165, 1.54) is 4.90 Å². The second-order valence-corrected chi connectivity index (χ2v) is 7.02. The fourth-order valence-electron chi connectivity index (χ4n) is 3.13. The summed E-state index contributed by atoms with van der Waals surface area (Å²) in [6.45, 7) is 0.616. The van der Waals surface area contributed by atoms with Crippen molar-refractivity contribution in [2.75, 3.05) is 11.4 Å². The Hall–Kier alpha value is -3.97. The summed E-state index contributed by atoms with van der Waals surface area (Å²) in [5.74, 6) is -0.772. The Labute approximate surface area is 181 Å². The summed E-state index contributed by atoms with van der Waals surface area (Å²) in [5, 5.41) is 10.5. The molecule has 0 atom stereocenters. The number of para-hydroxylation sites is 1. The Morgan fingerprint density at radius 1 is 0.871 bits per heavy atom. The van der Waals surface area contributed by atoms with Crippen molar-refractivity contribution in [3.8, 4) is 0 Å². The van der Waals surface area contributed by atoms with Crippen LogP contribution < -0.4 is 21.7 Å². The van der Waals surface area contributed by atoms with Gasteiger partial charge in [-0.3, -0.25) is 19.9 Å². The number of carbonyl (C=O) groups is 2. The van der Waals surface area contributed by atoms with E-state index in [1.807, 2.05) is 30.3 Å².